The number of carbonyl (C=O) groups is 1. The minimum Gasteiger partial charge on any atom is -0.334 e. The number of anilines is 1. The molecule has 0 unspecified atom stereocenters. The first kappa shape index (κ1) is 21.8. The number of pyridine rings is 1. The van der Waals surface area contributed by atoms with Crippen molar-refractivity contribution >= 4 is 17.3 Å². The first-order valence-corrected chi connectivity index (χ1v) is 10.8. The van der Waals surface area contributed by atoms with Gasteiger partial charge in [0.2, 0.25) is 0 Å². The van der Waals surface area contributed by atoms with Gasteiger partial charge in [0.15, 0.2) is 5.78 Å². The van der Waals surface area contributed by atoms with Gasteiger partial charge in [0.25, 0.3) is 5.95 Å². The molecule has 32 heavy (non-hydrogen) atoms. The Hall–Kier alpha value is -3.42. The molecule has 0 aliphatic carbocycles. The third-order valence-corrected chi connectivity index (χ3v) is 5.81. The average molecular weight is 435 g/mol. The number of ketones is 1. The highest BCUT2D eigenvalue weighted by Gasteiger charge is 2.24. The Kier molecular flexibility index (Phi) is 6.12. The molecule has 166 valence electrons. The smallest absolute Gasteiger partial charge is 0.266 e. The van der Waals surface area contributed by atoms with Crippen LogP contribution in [0.15, 0.2) is 42.1 Å². The van der Waals surface area contributed by atoms with E-state index in [-0.39, 0.29) is 17.8 Å². The van der Waals surface area contributed by atoms with Crippen LogP contribution in [0.4, 0.5) is 10.3 Å². The molecule has 0 fully saturated rings. The SMILES string of the molecule is Cc1ccc(C(=O)Cc2ccc(C3=C(C(C)C)CCN(c4nnn(C)n4)C3)cn2)c(F)c1. The molecule has 0 radical (unpaired) electrons. The highest BCUT2D eigenvalue weighted by atomic mass is 19.1. The molecule has 0 saturated heterocycles. The van der Waals surface area contributed by atoms with Crippen molar-refractivity contribution in [3.05, 3.63) is 70.3 Å². The quantitative estimate of drug-likeness (QED) is 0.550. The van der Waals surface area contributed by atoms with Crippen LogP contribution in [0.25, 0.3) is 5.57 Å². The Morgan fingerprint density at radius 2 is 2.03 bits per heavy atom. The van der Waals surface area contributed by atoms with E-state index in [4.69, 9.17) is 0 Å². The Balaban J connectivity index is 1.55. The normalized spacial score (nSPS) is 14.4. The number of carbonyl (C=O) groups excluding carboxylic acids is 1. The summed E-state index contributed by atoms with van der Waals surface area (Å²) in [7, 11) is 1.75. The van der Waals surface area contributed by atoms with E-state index in [1.807, 2.05) is 12.1 Å². The van der Waals surface area contributed by atoms with Crippen LogP contribution in [0.5, 0.6) is 0 Å². The van der Waals surface area contributed by atoms with Crippen molar-refractivity contribution in [3.8, 4) is 0 Å². The van der Waals surface area contributed by atoms with E-state index in [0.29, 0.717) is 24.1 Å². The summed E-state index contributed by atoms with van der Waals surface area (Å²) in [4.78, 5) is 20.7. The molecule has 0 spiro atoms. The van der Waals surface area contributed by atoms with Gasteiger partial charge < -0.3 is 4.90 Å². The largest absolute Gasteiger partial charge is 0.334 e. The van der Waals surface area contributed by atoms with E-state index >= 15 is 0 Å². The summed E-state index contributed by atoms with van der Waals surface area (Å²) in [5.41, 5.74) is 5.11. The molecule has 2 aromatic heterocycles. The number of rotatable bonds is 6. The van der Waals surface area contributed by atoms with E-state index in [0.717, 1.165) is 24.1 Å². The van der Waals surface area contributed by atoms with Crippen molar-refractivity contribution in [2.45, 2.75) is 33.6 Å². The van der Waals surface area contributed by atoms with Crippen LogP contribution in [-0.4, -0.2) is 44.1 Å². The van der Waals surface area contributed by atoms with Gasteiger partial charge >= 0.3 is 0 Å². The van der Waals surface area contributed by atoms with Crippen LogP contribution in [-0.2, 0) is 13.5 Å². The molecule has 0 amide bonds. The zero-order valence-electron chi connectivity index (χ0n) is 18.8. The maximum atomic E-state index is 14.1. The molecule has 1 aliphatic rings. The molecule has 0 bridgehead atoms. The number of halogens is 1. The fourth-order valence-corrected chi connectivity index (χ4v) is 4.08. The zero-order chi connectivity index (χ0) is 22.8. The molecule has 7 nitrogen and oxygen atoms in total. The Morgan fingerprint density at radius 1 is 1.22 bits per heavy atom. The third kappa shape index (κ3) is 4.59. The fourth-order valence-electron chi connectivity index (χ4n) is 4.08. The van der Waals surface area contributed by atoms with E-state index in [2.05, 4.69) is 39.1 Å². The zero-order valence-corrected chi connectivity index (χ0v) is 18.8. The van der Waals surface area contributed by atoms with Crippen molar-refractivity contribution in [2.24, 2.45) is 13.0 Å². The maximum Gasteiger partial charge on any atom is 0.266 e. The summed E-state index contributed by atoms with van der Waals surface area (Å²) in [6.45, 7) is 7.70. The lowest BCUT2D eigenvalue weighted by Crippen LogP contribution is -2.33. The van der Waals surface area contributed by atoms with E-state index in [9.17, 15) is 9.18 Å². The molecular formula is C24H27FN6O. The van der Waals surface area contributed by atoms with Crippen LogP contribution in [0.3, 0.4) is 0 Å². The molecule has 4 rings (SSSR count). The van der Waals surface area contributed by atoms with Gasteiger partial charge in [0, 0.05) is 25.0 Å². The predicted octanol–water partition coefficient (Wildman–Crippen LogP) is 3.80. The highest BCUT2D eigenvalue weighted by molar-refractivity contribution is 5.97. The monoisotopic (exact) mass is 434 g/mol. The minimum atomic E-state index is -0.488. The summed E-state index contributed by atoms with van der Waals surface area (Å²) in [6.07, 6.45) is 2.78. The summed E-state index contributed by atoms with van der Waals surface area (Å²) in [6, 6.07) is 8.51. The van der Waals surface area contributed by atoms with Crippen LogP contribution < -0.4 is 4.90 Å². The lowest BCUT2D eigenvalue weighted by molar-refractivity contribution is 0.0988. The molecule has 0 atom stereocenters. The van der Waals surface area contributed by atoms with E-state index < -0.39 is 5.82 Å². The molecule has 3 heterocycles. The van der Waals surface area contributed by atoms with Gasteiger partial charge in [-0.1, -0.05) is 36.7 Å². The Morgan fingerprint density at radius 3 is 2.66 bits per heavy atom. The molecule has 0 N–H and O–H groups in total. The average Bonchev–Trinajstić information content (AvgIpc) is 3.20. The number of hydrogen-bond donors (Lipinski definition) is 0. The predicted molar refractivity (Wildman–Crippen MR) is 121 cm³/mol. The number of Topliss-reactive ketones (excluding diaryl/α,β-unsaturated/α-hetero) is 1. The standard InChI is InChI=1S/C24H27FN6O/c1-15(2)19-9-10-31(24-27-29-30(4)28-24)14-21(19)17-6-7-18(26-13-17)12-23(32)20-8-5-16(3)11-22(20)25/h5-8,11,13,15H,9-10,12,14H2,1-4H3. The molecule has 1 aromatic carbocycles. The summed E-state index contributed by atoms with van der Waals surface area (Å²) in [5.74, 6) is 0.261. The van der Waals surface area contributed by atoms with Gasteiger partial charge in [-0.3, -0.25) is 9.78 Å². The van der Waals surface area contributed by atoms with Crippen molar-refractivity contribution in [3.63, 3.8) is 0 Å². The summed E-state index contributed by atoms with van der Waals surface area (Å²) >= 11 is 0. The second-order valence-electron chi connectivity index (χ2n) is 8.53. The number of hydrogen-bond acceptors (Lipinski definition) is 6. The van der Waals surface area contributed by atoms with Crippen LogP contribution in [0.1, 0.15) is 47.4 Å². The second kappa shape index (κ2) is 8.98. The number of aryl methyl sites for hydroxylation is 2. The number of aromatic nitrogens is 5. The van der Waals surface area contributed by atoms with Gasteiger partial charge in [0.1, 0.15) is 5.82 Å². The van der Waals surface area contributed by atoms with E-state index in [1.165, 1.54) is 28.1 Å². The third-order valence-electron chi connectivity index (χ3n) is 5.81. The topological polar surface area (TPSA) is 76.8 Å². The van der Waals surface area contributed by atoms with Crippen molar-refractivity contribution in [1.29, 1.82) is 0 Å². The highest BCUT2D eigenvalue weighted by Crippen LogP contribution is 2.32. The number of benzene rings is 1. The Labute approximate surface area is 187 Å². The van der Waals surface area contributed by atoms with Gasteiger partial charge in [-0.15, -0.1) is 5.10 Å². The van der Waals surface area contributed by atoms with Crippen LogP contribution >= 0.6 is 0 Å². The van der Waals surface area contributed by atoms with Gasteiger partial charge in [-0.2, -0.15) is 4.80 Å². The lowest BCUT2D eigenvalue weighted by atomic mass is 9.88. The Bertz CT molecular complexity index is 1170. The molecule has 0 saturated carbocycles. The van der Waals surface area contributed by atoms with Crippen molar-refractivity contribution in [1.82, 2.24) is 25.2 Å². The number of nitrogens with zero attached hydrogens (tertiary/aromatic N) is 6. The molecular weight excluding hydrogens is 407 g/mol. The maximum absolute atomic E-state index is 14.1. The first-order valence-electron chi connectivity index (χ1n) is 10.8. The molecule has 1 aliphatic heterocycles. The summed E-state index contributed by atoms with van der Waals surface area (Å²) in [5, 5.41) is 12.4. The van der Waals surface area contributed by atoms with Crippen molar-refractivity contribution in [2.75, 3.05) is 18.0 Å². The molecule has 8 heteroatoms. The van der Waals surface area contributed by atoms with Crippen LogP contribution in [0.2, 0.25) is 0 Å². The lowest BCUT2D eigenvalue weighted by Gasteiger charge is -2.31. The fraction of sp³-hybridized carbons (Fsp3) is 0.375. The molecule has 3 aromatic rings. The van der Waals surface area contributed by atoms with Gasteiger partial charge in [-0.05, 0) is 59.4 Å². The van der Waals surface area contributed by atoms with Crippen LogP contribution in [0, 0.1) is 18.7 Å². The second-order valence-corrected chi connectivity index (χ2v) is 8.53. The van der Waals surface area contributed by atoms with E-state index in [1.54, 1.807) is 26.2 Å². The number of tetrazole rings is 1. The summed E-state index contributed by atoms with van der Waals surface area (Å²) < 4.78 is 14.1. The van der Waals surface area contributed by atoms with Crippen molar-refractivity contribution < 1.29 is 9.18 Å². The van der Waals surface area contributed by atoms with Gasteiger partial charge in [0.05, 0.1) is 19.0 Å². The minimum absolute atomic E-state index is 0.0615. The first-order chi connectivity index (χ1) is 15.3. The van der Waals surface area contributed by atoms with Gasteiger partial charge in [-0.25, -0.2) is 4.39 Å².